The molecule has 0 aliphatic heterocycles. The van der Waals surface area contributed by atoms with Crippen LogP contribution in [0.4, 0.5) is 0 Å². The van der Waals surface area contributed by atoms with Crippen LogP contribution in [-0.4, -0.2) is 37.2 Å². The zero-order valence-electron chi connectivity index (χ0n) is 14.0. The molecule has 0 saturated heterocycles. The molecule has 0 bridgehead atoms. The third-order valence-corrected chi connectivity index (χ3v) is 10.6. The van der Waals surface area contributed by atoms with Gasteiger partial charge in [-0.25, -0.2) is 0 Å². The minimum absolute atomic E-state index is 0.383. The maximum absolute atomic E-state index is 10.8. The molecule has 5 heteroatoms. The Labute approximate surface area is 124 Å². The molecule has 0 aliphatic rings. The zero-order valence-corrected chi connectivity index (χ0v) is 15.0. The lowest BCUT2D eigenvalue weighted by molar-refractivity contribution is -0.145. The molecule has 0 fully saturated rings. The summed E-state index contributed by atoms with van der Waals surface area (Å²) in [6.45, 7) is 15.2. The Morgan fingerprint density at radius 3 is 1.70 bits per heavy atom. The highest BCUT2D eigenvalue weighted by molar-refractivity contribution is 6.77. The van der Waals surface area contributed by atoms with E-state index in [9.17, 15) is 9.90 Å². The summed E-state index contributed by atoms with van der Waals surface area (Å²) in [5.41, 5.74) is 1.49. The van der Waals surface area contributed by atoms with Gasteiger partial charge in [-0.15, -0.1) is 0 Å². The highest BCUT2D eigenvalue weighted by Gasteiger charge is 2.45. The van der Waals surface area contributed by atoms with Gasteiger partial charge in [-0.05, 0) is 30.0 Å². The molecule has 0 spiro atoms. The van der Waals surface area contributed by atoms with E-state index in [1.807, 2.05) is 0 Å². The van der Waals surface area contributed by atoms with E-state index in [1.54, 1.807) is 0 Å². The predicted octanol–water partition coefficient (Wildman–Crippen LogP) is 3.65. The third-order valence-electron chi connectivity index (χ3n) is 4.44. The molecule has 0 radical (unpaired) electrons. The molecule has 120 valence electrons. The van der Waals surface area contributed by atoms with Crippen LogP contribution >= 0.6 is 0 Å². The molecule has 0 heterocycles. The molecule has 0 aromatic rings. The van der Waals surface area contributed by atoms with E-state index in [0.29, 0.717) is 29.7 Å². The van der Waals surface area contributed by atoms with Crippen LogP contribution < -0.4 is 0 Å². The minimum Gasteiger partial charge on any atom is -0.481 e. The van der Waals surface area contributed by atoms with Gasteiger partial charge >= 0.3 is 5.97 Å². The Bertz CT molecular complexity index is 280. The van der Waals surface area contributed by atoms with Gasteiger partial charge in [-0.1, -0.05) is 41.5 Å². The molecule has 20 heavy (non-hydrogen) atoms. The topological polar surface area (TPSA) is 66.8 Å². The fraction of sp³-hybridized carbons (Fsp3) is 0.933. The van der Waals surface area contributed by atoms with Gasteiger partial charge in [-0.3, -0.25) is 4.79 Å². The van der Waals surface area contributed by atoms with Crippen molar-refractivity contribution in [1.29, 1.82) is 0 Å². The van der Waals surface area contributed by atoms with E-state index in [1.165, 1.54) is 6.92 Å². The summed E-state index contributed by atoms with van der Waals surface area (Å²) in [6, 6.07) is 0. The summed E-state index contributed by atoms with van der Waals surface area (Å²) >= 11 is 0. The van der Waals surface area contributed by atoms with Gasteiger partial charge in [-0.2, -0.15) is 0 Å². The first-order valence-electron chi connectivity index (χ1n) is 7.62. The SMILES string of the molecule is CC(C)[Si](OCC[C@H](O)[C@H](C)C(=O)O)(C(C)C)C(C)C. The summed E-state index contributed by atoms with van der Waals surface area (Å²) in [6.07, 6.45) is -0.459. The molecular weight excluding hydrogens is 272 g/mol. The van der Waals surface area contributed by atoms with Crippen LogP contribution in [0.2, 0.25) is 16.6 Å². The van der Waals surface area contributed by atoms with Gasteiger partial charge in [0.05, 0.1) is 12.0 Å². The lowest BCUT2D eigenvalue weighted by Gasteiger charge is -2.42. The summed E-state index contributed by atoms with van der Waals surface area (Å²) in [4.78, 5) is 10.8. The molecule has 0 aromatic heterocycles. The second-order valence-electron chi connectivity index (χ2n) is 6.65. The number of hydrogen-bond acceptors (Lipinski definition) is 3. The first-order chi connectivity index (χ1) is 9.07. The van der Waals surface area contributed by atoms with Crippen LogP contribution in [0.15, 0.2) is 0 Å². The van der Waals surface area contributed by atoms with Crippen molar-refractivity contribution in [2.75, 3.05) is 6.61 Å². The summed E-state index contributed by atoms with van der Waals surface area (Å²) in [7, 11) is -1.91. The van der Waals surface area contributed by atoms with Crippen LogP contribution in [0.3, 0.4) is 0 Å². The number of aliphatic hydroxyl groups is 1. The molecule has 2 N–H and O–H groups in total. The smallest absolute Gasteiger partial charge is 0.308 e. The Balaban J connectivity index is 4.68. The second-order valence-corrected chi connectivity index (χ2v) is 12.1. The van der Waals surface area contributed by atoms with Crippen LogP contribution in [0, 0.1) is 5.92 Å². The minimum atomic E-state index is -1.91. The first-order valence-corrected chi connectivity index (χ1v) is 9.76. The zero-order chi connectivity index (χ0) is 16.1. The summed E-state index contributed by atoms with van der Waals surface area (Å²) in [5.74, 6) is -1.70. The largest absolute Gasteiger partial charge is 0.481 e. The Morgan fingerprint density at radius 1 is 1.00 bits per heavy atom. The highest BCUT2D eigenvalue weighted by atomic mass is 28.4. The quantitative estimate of drug-likeness (QED) is 0.638. The molecule has 0 rings (SSSR count). The van der Waals surface area contributed by atoms with E-state index < -0.39 is 26.3 Å². The van der Waals surface area contributed by atoms with Crippen molar-refractivity contribution in [2.24, 2.45) is 5.92 Å². The van der Waals surface area contributed by atoms with E-state index in [-0.39, 0.29) is 0 Å². The monoisotopic (exact) mass is 304 g/mol. The number of carbonyl (C=O) groups is 1. The van der Waals surface area contributed by atoms with Crippen molar-refractivity contribution < 1.29 is 19.4 Å². The maximum atomic E-state index is 10.8. The third kappa shape index (κ3) is 4.57. The standard InChI is InChI=1S/C15H32O4Si/c1-10(2)20(11(3)4,12(5)6)19-9-8-14(16)13(7)15(17)18/h10-14,16H,8-9H2,1-7H3,(H,17,18)/t13-,14-/m0/s1. The van der Waals surface area contributed by atoms with Crippen molar-refractivity contribution in [3.05, 3.63) is 0 Å². The summed E-state index contributed by atoms with van der Waals surface area (Å²) in [5, 5.41) is 18.7. The molecule has 0 aliphatic carbocycles. The number of rotatable bonds is 9. The van der Waals surface area contributed by atoms with Gasteiger partial charge in [0, 0.05) is 6.61 Å². The molecule has 0 saturated carbocycles. The van der Waals surface area contributed by atoms with Crippen LogP contribution in [0.1, 0.15) is 54.9 Å². The molecular formula is C15H32O4Si. The van der Waals surface area contributed by atoms with E-state index in [2.05, 4.69) is 41.5 Å². The average molecular weight is 305 g/mol. The fourth-order valence-corrected chi connectivity index (χ4v) is 8.74. The normalized spacial score (nSPS) is 15.9. The number of carboxylic acids is 1. The maximum Gasteiger partial charge on any atom is 0.308 e. The van der Waals surface area contributed by atoms with Gasteiger partial charge in [0.2, 0.25) is 0 Å². The lowest BCUT2D eigenvalue weighted by atomic mass is 10.0. The molecule has 0 amide bonds. The Morgan fingerprint density at radius 2 is 1.40 bits per heavy atom. The van der Waals surface area contributed by atoms with E-state index in [0.717, 1.165) is 0 Å². The molecule has 0 aromatic carbocycles. The van der Waals surface area contributed by atoms with Crippen molar-refractivity contribution >= 4 is 14.3 Å². The van der Waals surface area contributed by atoms with Gasteiger partial charge < -0.3 is 14.6 Å². The Hall–Kier alpha value is -0.393. The molecule has 0 unspecified atom stereocenters. The fourth-order valence-electron chi connectivity index (χ4n) is 3.27. The van der Waals surface area contributed by atoms with Crippen molar-refractivity contribution in [3.8, 4) is 0 Å². The highest BCUT2D eigenvalue weighted by Crippen LogP contribution is 2.42. The number of carboxylic acid groups (broad SMARTS) is 1. The predicted molar refractivity (Wildman–Crippen MR) is 84.4 cm³/mol. The van der Waals surface area contributed by atoms with Crippen molar-refractivity contribution in [2.45, 2.75) is 77.6 Å². The second kappa shape index (κ2) is 8.15. The average Bonchev–Trinajstić information content (AvgIpc) is 2.31. The lowest BCUT2D eigenvalue weighted by Crippen LogP contribution is -2.48. The van der Waals surface area contributed by atoms with Gasteiger partial charge in [0.1, 0.15) is 0 Å². The van der Waals surface area contributed by atoms with Crippen LogP contribution in [-0.2, 0) is 9.22 Å². The van der Waals surface area contributed by atoms with Gasteiger partial charge in [0.25, 0.3) is 0 Å². The Kier molecular flexibility index (Phi) is 7.99. The van der Waals surface area contributed by atoms with Crippen molar-refractivity contribution in [1.82, 2.24) is 0 Å². The van der Waals surface area contributed by atoms with E-state index >= 15 is 0 Å². The number of hydrogen-bond donors (Lipinski definition) is 2. The summed E-state index contributed by atoms with van der Waals surface area (Å²) < 4.78 is 6.30. The van der Waals surface area contributed by atoms with Crippen LogP contribution in [0.5, 0.6) is 0 Å². The first kappa shape index (κ1) is 19.6. The van der Waals surface area contributed by atoms with Gasteiger partial charge in [0.15, 0.2) is 8.32 Å². The van der Waals surface area contributed by atoms with E-state index in [4.69, 9.17) is 9.53 Å². The number of aliphatic hydroxyl groups excluding tert-OH is 1. The number of aliphatic carboxylic acids is 1. The van der Waals surface area contributed by atoms with Crippen LogP contribution in [0.25, 0.3) is 0 Å². The van der Waals surface area contributed by atoms with Crippen molar-refractivity contribution in [3.63, 3.8) is 0 Å². The molecule has 2 atom stereocenters. The molecule has 4 nitrogen and oxygen atoms in total.